The van der Waals surface area contributed by atoms with Gasteiger partial charge in [-0.1, -0.05) is 24.3 Å². The van der Waals surface area contributed by atoms with Crippen LogP contribution in [0.5, 0.6) is 0 Å². The molecule has 0 spiro atoms. The van der Waals surface area contributed by atoms with E-state index in [4.69, 9.17) is 11.6 Å². The molecule has 19 heavy (non-hydrogen) atoms. The molecule has 1 heterocycles. The van der Waals surface area contributed by atoms with Crippen LogP contribution in [0.15, 0.2) is 41.8 Å². The Morgan fingerprint density at radius 3 is 2.42 bits per heavy atom. The fraction of sp³-hybridized carbons (Fsp3) is 0.250. The Bertz CT molecular complexity index is 650. The molecular formula is C12H14ClN3O2S. The summed E-state index contributed by atoms with van der Waals surface area (Å²) >= 11 is 5.69. The lowest BCUT2D eigenvalue weighted by Crippen LogP contribution is -2.23. The van der Waals surface area contributed by atoms with Gasteiger partial charge in [-0.15, -0.1) is 11.6 Å². The quantitative estimate of drug-likeness (QED) is 0.854. The van der Waals surface area contributed by atoms with Crippen LogP contribution in [-0.2, 0) is 29.5 Å². The van der Waals surface area contributed by atoms with Gasteiger partial charge in [0.05, 0.1) is 6.33 Å². The van der Waals surface area contributed by atoms with E-state index >= 15 is 0 Å². The second-order valence-electron chi connectivity index (χ2n) is 4.15. The molecule has 1 aromatic carbocycles. The normalized spacial score (nSPS) is 11.7. The van der Waals surface area contributed by atoms with Crippen LogP contribution in [0.3, 0.4) is 0 Å². The highest BCUT2D eigenvalue weighted by molar-refractivity contribution is 7.89. The predicted octanol–water partition coefficient (Wildman–Crippen LogP) is 1.64. The molecule has 0 atom stereocenters. The molecule has 7 heteroatoms. The molecule has 0 aliphatic heterocycles. The lowest BCUT2D eigenvalue weighted by atomic mass is 10.1. The average molecular weight is 300 g/mol. The van der Waals surface area contributed by atoms with Gasteiger partial charge in [0.2, 0.25) is 0 Å². The van der Waals surface area contributed by atoms with Gasteiger partial charge in [0.15, 0.2) is 5.03 Å². The number of halogens is 1. The van der Waals surface area contributed by atoms with E-state index < -0.39 is 10.0 Å². The molecule has 0 bridgehead atoms. The second-order valence-corrected chi connectivity index (χ2v) is 6.13. The molecule has 0 radical (unpaired) electrons. The summed E-state index contributed by atoms with van der Waals surface area (Å²) < 4.78 is 28.0. The summed E-state index contributed by atoms with van der Waals surface area (Å²) in [7, 11) is -1.84. The number of hydrogen-bond acceptors (Lipinski definition) is 3. The Balaban J connectivity index is 2.05. The zero-order chi connectivity index (χ0) is 13.9. The van der Waals surface area contributed by atoms with Crippen molar-refractivity contribution in [1.82, 2.24) is 14.3 Å². The molecule has 1 aromatic heterocycles. The van der Waals surface area contributed by atoms with E-state index in [-0.39, 0.29) is 11.6 Å². The van der Waals surface area contributed by atoms with Crippen molar-refractivity contribution >= 4 is 21.6 Å². The molecule has 0 amide bonds. The standard InChI is InChI=1S/C12H14ClN3O2S/c1-16-8-12(14-9-16)19(17,18)15-7-11-4-2-10(6-13)3-5-11/h2-5,8-9,15H,6-7H2,1H3. The van der Waals surface area contributed by atoms with Gasteiger partial charge >= 0.3 is 0 Å². The Morgan fingerprint density at radius 2 is 1.89 bits per heavy atom. The van der Waals surface area contributed by atoms with Crippen LogP contribution in [0.25, 0.3) is 0 Å². The molecule has 0 fully saturated rings. The van der Waals surface area contributed by atoms with Gasteiger partial charge in [-0.2, -0.15) is 0 Å². The minimum absolute atomic E-state index is 0.0207. The minimum Gasteiger partial charge on any atom is -0.339 e. The van der Waals surface area contributed by atoms with E-state index in [2.05, 4.69) is 9.71 Å². The van der Waals surface area contributed by atoms with Gasteiger partial charge in [0, 0.05) is 25.7 Å². The summed E-state index contributed by atoms with van der Waals surface area (Å²) in [6.07, 6.45) is 2.91. The fourth-order valence-corrected chi connectivity index (χ4v) is 2.70. The molecule has 2 rings (SSSR count). The first kappa shape index (κ1) is 14.0. The maximum Gasteiger partial charge on any atom is 0.259 e. The average Bonchev–Trinajstić information content (AvgIpc) is 2.85. The van der Waals surface area contributed by atoms with Crippen LogP contribution in [0.1, 0.15) is 11.1 Å². The monoisotopic (exact) mass is 299 g/mol. The van der Waals surface area contributed by atoms with Gasteiger partial charge in [0.1, 0.15) is 0 Å². The minimum atomic E-state index is -3.56. The summed E-state index contributed by atoms with van der Waals surface area (Å²) in [5, 5.41) is 0.0207. The highest BCUT2D eigenvalue weighted by Crippen LogP contribution is 2.09. The molecule has 2 aromatic rings. The number of sulfonamides is 1. The van der Waals surface area contributed by atoms with Crippen LogP contribution in [0.4, 0.5) is 0 Å². The summed E-state index contributed by atoms with van der Waals surface area (Å²) in [6, 6.07) is 7.44. The first-order valence-electron chi connectivity index (χ1n) is 5.62. The Morgan fingerprint density at radius 1 is 1.26 bits per heavy atom. The predicted molar refractivity (Wildman–Crippen MR) is 73.2 cm³/mol. The number of hydrogen-bond donors (Lipinski definition) is 1. The fourth-order valence-electron chi connectivity index (χ4n) is 1.53. The van der Waals surface area contributed by atoms with Crippen molar-refractivity contribution in [1.29, 1.82) is 0 Å². The van der Waals surface area contributed by atoms with Crippen LogP contribution < -0.4 is 4.72 Å². The van der Waals surface area contributed by atoms with Crippen LogP contribution in [0.2, 0.25) is 0 Å². The number of aryl methyl sites for hydroxylation is 1. The maximum atomic E-state index is 11.9. The molecule has 0 saturated heterocycles. The smallest absolute Gasteiger partial charge is 0.259 e. The lowest BCUT2D eigenvalue weighted by molar-refractivity contribution is 0.578. The number of imidazole rings is 1. The third-order valence-electron chi connectivity index (χ3n) is 2.60. The number of aromatic nitrogens is 2. The third kappa shape index (κ3) is 3.56. The van der Waals surface area contributed by atoms with Crippen molar-refractivity contribution in [3.63, 3.8) is 0 Å². The largest absolute Gasteiger partial charge is 0.339 e. The molecule has 0 unspecified atom stereocenters. The number of nitrogens with one attached hydrogen (secondary N) is 1. The van der Waals surface area contributed by atoms with Crippen molar-refractivity contribution in [2.45, 2.75) is 17.5 Å². The number of alkyl halides is 1. The summed E-state index contributed by atoms with van der Waals surface area (Å²) in [5.74, 6) is 0.444. The van der Waals surface area contributed by atoms with Crippen molar-refractivity contribution in [2.75, 3.05) is 0 Å². The zero-order valence-corrected chi connectivity index (χ0v) is 11.9. The SMILES string of the molecule is Cn1cnc(S(=O)(=O)NCc2ccc(CCl)cc2)c1. The van der Waals surface area contributed by atoms with Crippen LogP contribution >= 0.6 is 11.6 Å². The summed E-state index contributed by atoms with van der Waals surface area (Å²) in [5.41, 5.74) is 1.87. The van der Waals surface area contributed by atoms with E-state index in [1.54, 1.807) is 11.6 Å². The van der Waals surface area contributed by atoms with Crippen molar-refractivity contribution in [3.8, 4) is 0 Å². The number of nitrogens with zero attached hydrogens (tertiary/aromatic N) is 2. The molecule has 102 valence electrons. The highest BCUT2D eigenvalue weighted by Gasteiger charge is 2.16. The number of rotatable bonds is 5. The Hall–Kier alpha value is -1.37. The topological polar surface area (TPSA) is 64.0 Å². The van der Waals surface area contributed by atoms with Crippen molar-refractivity contribution < 1.29 is 8.42 Å². The highest BCUT2D eigenvalue weighted by atomic mass is 35.5. The first-order valence-corrected chi connectivity index (χ1v) is 7.64. The van der Waals surface area contributed by atoms with Gasteiger partial charge in [-0.25, -0.2) is 18.1 Å². The molecule has 0 aliphatic carbocycles. The maximum absolute atomic E-state index is 11.9. The van der Waals surface area contributed by atoms with E-state index in [1.165, 1.54) is 12.5 Å². The van der Waals surface area contributed by atoms with Gasteiger partial charge in [-0.3, -0.25) is 0 Å². The summed E-state index contributed by atoms with van der Waals surface area (Å²) in [6.45, 7) is 0.224. The number of benzene rings is 1. The molecule has 0 aliphatic rings. The first-order chi connectivity index (χ1) is 9.01. The van der Waals surface area contributed by atoms with E-state index in [0.29, 0.717) is 5.88 Å². The zero-order valence-electron chi connectivity index (χ0n) is 10.4. The summed E-state index contributed by atoms with van der Waals surface area (Å²) in [4.78, 5) is 3.82. The Labute approximate surface area is 117 Å². The lowest BCUT2D eigenvalue weighted by Gasteiger charge is -2.05. The van der Waals surface area contributed by atoms with Gasteiger partial charge in [0.25, 0.3) is 10.0 Å². The Kier molecular flexibility index (Phi) is 4.24. The third-order valence-corrected chi connectivity index (χ3v) is 4.19. The van der Waals surface area contributed by atoms with E-state index in [0.717, 1.165) is 11.1 Å². The van der Waals surface area contributed by atoms with Crippen molar-refractivity contribution in [3.05, 3.63) is 47.9 Å². The van der Waals surface area contributed by atoms with Crippen molar-refractivity contribution in [2.24, 2.45) is 7.05 Å². The van der Waals surface area contributed by atoms with Gasteiger partial charge < -0.3 is 4.57 Å². The van der Waals surface area contributed by atoms with E-state index in [1.807, 2.05) is 24.3 Å². The molecular weight excluding hydrogens is 286 g/mol. The van der Waals surface area contributed by atoms with Gasteiger partial charge in [-0.05, 0) is 11.1 Å². The van der Waals surface area contributed by atoms with Crippen LogP contribution in [-0.4, -0.2) is 18.0 Å². The molecule has 1 N–H and O–H groups in total. The second kappa shape index (κ2) is 5.73. The molecule has 5 nitrogen and oxygen atoms in total. The van der Waals surface area contributed by atoms with E-state index in [9.17, 15) is 8.42 Å². The van der Waals surface area contributed by atoms with Crippen LogP contribution in [0, 0.1) is 0 Å². The molecule has 0 saturated carbocycles.